The molecule has 2 aromatic rings. The molecule has 0 saturated heterocycles. The minimum atomic E-state index is 0.330. The summed E-state index contributed by atoms with van der Waals surface area (Å²) in [4.78, 5) is 0. The zero-order valence-electron chi connectivity index (χ0n) is 10.3. The van der Waals surface area contributed by atoms with Crippen molar-refractivity contribution < 1.29 is 0 Å². The average molecular weight is 229 g/mol. The molecule has 0 radical (unpaired) electrons. The summed E-state index contributed by atoms with van der Waals surface area (Å²) in [5.41, 5.74) is 8.70. The zero-order valence-corrected chi connectivity index (χ0v) is 10.3. The highest BCUT2D eigenvalue weighted by atomic mass is 15.3. The van der Waals surface area contributed by atoms with Crippen LogP contribution in [0.25, 0.3) is 10.9 Å². The first kappa shape index (κ1) is 10.8. The number of fused-ring (bicyclic) bond motifs is 1. The molecule has 1 heterocycles. The van der Waals surface area contributed by atoms with Crippen LogP contribution in [0.15, 0.2) is 24.3 Å². The molecule has 1 aliphatic rings. The van der Waals surface area contributed by atoms with Gasteiger partial charge in [-0.25, -0.2) is 0 Å². The molecular formula is C14H19N3. The first-order chi connectivity index (χ1) is 8.24. The Balaban J connectivity index is 2.00. The number of hydrogen-bond donors (Lipinski definition) is 1. The van der Waals surface area contributed by atoms with Crippen molar-refractivity contribution in [1.82, 2.24) is 9.78 Å². The summed E-state index contributed by atoms with van der Waals surface area (Å²) in [7, 11) is 2.02. The highest BCUT2D eigenvalue weighted by molar-refractivity contribution is 5.81. The maximum absolute atomic E-state index is 5.93. The summed E-state index contributed by atoms with van der Waals surface area (Å²) < 4.78 is 1.98. The number of nitrogens with two attached hydrogens (primary N) is 1. The fourth-order valence-corrected chi connectivity index (χ4v) is 2.90. The summed E-state index contributed by atoms with van der Waals surface area (Å²) in [6.07, 6.45) is 4.87. The normalized spacial score (nSPS) is 18.2. The van der Waals surface area contributed by atoms with Crippen LogP contribution in [0, 0.1) is 5.41 Å². The van der Waals surface area contributed by atoms with E-state index in [1.165, 1.54) is 35.9 Å². The van der Waals surface area contributed by atoms with Gasteiger partial charge in [-0.3, -0.25) is 4.68 Å². The molecule has 1 fully saturated rings. The van der Waals surface area contributed by atoms with E-state index >= 15 is 0 Å². The Labute approximate surface area is 102 Å². The number of benzene rings is 1. The Morgan fingerprint density at radius 3 is 2.76 bits per heavy atom. The molecular weight excluding hydrogens is 210 g/mol. The summed E-state index contributed by atoms with van der Waals surface area (Å²) >= 11 is 0. The second kappa shape index (κ2) is 3.84. The predicted octanol–water partition coefficient (Wildman–Crippen LogP) is 2.24. The van der Waals surface area contributed by atoms with Crippen molar-refractivity contribution in [2.45, 2.75) is 25.7 Å². The van der Waals surface area contributed by atoms with Crippen LogP contribution in [0.5, 0.6) is 0 Å². The molecule has 0 spiro atoms. The van der Waals surface area contributed by atoms with Crippen LogP contribution >= 0.6 is 0 Å². The van der Waals surface area contributed by atoms with E-state index in [1.54, 1.807) is 0 Å². The highest BCUT2D eigenvalue weighted by Gasteiger charge is 2.36. The van der Waals surface area contributed by atoms with Crippen molar-refractivity contribution in [1.29, 1.82) is 0 Å². The Kier molecular flexibility index (Phi) is 2.44. The molecule has 0 amide bonds. The molecule has 3 rings (SSSR count). The number of hydrogen-bond acceptors (Lipinski definition) is 2. The Morgan fingerprint density at radius 2 is 2.12 bits per heavy atom. The van der Waals surface area contributed by atoms with Gasteiger partial charge in [0.1, 0.15) is 0 Å². The minimum absolute atomic E-state index is 0.330. The molecule has 1 aromatic carbocycles. The molecule has 3 nitrogen and oxygen atoms in total. The van der Waals surface area contributed by atoms with Gasteiger partial charge in [0.05, 0.1) is 11.2 Å². The van der Waals surface area contributed by atoms with Gasteiger partial charge in [-0.2, -0.15) is 5.10 Å². The van der Waals surface area contributed by atoms with E-state index < -0.39 is 0 Å². The van der Waals surface area contributed by atoms with Crippen LogP contribution in [0.2, 0.25) is 0 Å². The summed E-state index contributed by atoms with van der Waals surface area (Å²) in [6.45, 7) is 0.790. The van der Waals surface area contributed by atoms with Gasteiger partial charge in [-0.1, -0.05) is 24.6 Å². The lowest BCUT2D eigenvalue weighted by Crippen LogP contribution is -2.39. The molecule has 17 heavy (non-hydrogen) atoms. The van der Waals surface area contributed by atoms with E-state index in [0.29, 0.717) is 5.41 Å². The van der Waals surface area contributed by atoms with Gasteiger partial charge < -0.3 is 5.73 Å². The van der Waals surface area contributed by atoms with Crippen LogP contribution in [-0.4, -0.2) is 16.3 Å². The molecule has 1 aliphatic carbocycles. The largest absolute Gasteiger partial charge is 0.330 e. The monoisotopic (exact) mass is 229 g/mol. The van der Waals surface area contributed by atoms with E-state index in [1.807, 2.05) is 11.7 Å². The third kappa shape index (κ3) is 1.65. The van der Waals surface area contributed by atoms with Crippen molar-refractivity contribution in [2.24, 2.45) is 18.2 Å². The average Bonchev–Trinajstić information content (AvgIpc) is 2.62. The fraction of sp³-hybridized carbons (Fsp3) is 0.500. The van der Waals surface area contributed by atoms with E-state index in [9.17, 15) is 0 Å². The van der Waals surface area contributed by atoms with Crippen LogP contribution in [-0.2, 0) is 13.5 Å². The molecule has 1 aromatic heterocycles. The standard InChI is InChI=1S/C14H19N3/c1-17-13-6-3-2-5-11(13)12(16-17)9-14(10-15)7-4-8-14/h2-3,5-6H,4,7-10,15H2,1H3. The van der Waals surface area contributed by atoms with Gasteiger partial charge in [0, 0.05) is 12.4 Å². The second-order valence-electron chi connectivity index (χ2n) is 5.32. The smallest absolute Gasteiger partial charge is 0.0709 e. The van der Waals surface area contributed by atoms with Gasteiger partial charge in [-0.05, 0) is 37.3 Å². The van der Waals surface area contributed by atoms with E-state index in [4.69, 9.17) is 5.73 Å². The van der Waals surface area contributed by atoms with Crippen molar-refractivity contribution in [2.75, 3.05) is 6.54 Å². The molecule has 0 aliphatic heterocycles. The van der Waals surface area contributed by atoms with Gasteiger partial charge in [0.25, 0.3) is 0 Å². The van der Waals surface area contributed by atoms with Crippen LogP contribution in [0.3, 0.4) is 0 Å². The first-order valence-electron chi connectivity index (χ1n) is 6.35. The van der Waals surface area contributed by atoms with Crippen LogP contribution in [0.4, 0.5) is 0 Å². The summed E-state index contributed by atoms with van der Waals surface area (Å²) in [6, 6.07) is 8.45. The molecule has 0 atom stereocenters. The summed E-state index contributed by atoms with van der Waals surface area (Å²) in [5.74, 6) is 0. The number of aryl methyl sites for hydroxylation is 1. The maximum atomic E-state index is 5.93. The van der Waals surface area contributed by atoms with E-state index in [2.05, 4.69) is 29.4 Å². The second-order valence-corrected chi connectivity index (χ2v) is 5.32. The van der Waals surface area contributed by atoms with E-state index in [-0.39, 0.29) is 0 Å². The van der Waals surface area contributed by atoms with Gasteiger partial charge >= 0.3 is 0 Å². The lowest BCUT2D eigenvalue weighted by molar-refractivity contribution is 0.143. The SMILES string of the molecule is Cn1nc(CC2(CN)CCC2)c2ccccc21. The number of aromatic nitrogens is 2. The quantitative estimate of drug-likeness (QED) is 0.877. The third-order valence-corrected chi connectivity index (χ3v) is 4.22. The Bertz CT molecular complexity index is 532. The lowest BCUT2D eigenvalue weighted by Gasteiger charge is -2.40. The fourth-order valence-electron chi connectivity index (χ4n) is 2.90. The number of rotatable bonds is 3. The zero-order chi connectivity index (χ0) is 11.9. The van der Waals surface area contributed by atoms with Gasteiger partial charge in [0.2, 0.25) is 0 Å². The van der Waals surface area contributed by atoms with Crippen molar-refractivity contribution in [3.63, 3.8) is 0 Å². The Morgan fingerprint density at radius 1 is 1.35 bits per heavy atom. The number of para-hydroxylation sites is 1. The third-order valence-electron chi connectivity index (χ3n) is 4.22. The molecule has 1 saturated carbocycles. The first-order valence-corrected chi connectivity index (χ1v) is 6.35. The topological polar surface area (TPSA) is 43.8 Å². The minimum Gasteiger partial charge on any atom is -0.330 e. The van der Waals surface area contributed by atoms with E-state index in [0.717, 1.165) is 13.0 Å². The summed E-state index contributed by atoms with van der Waals surface area (Å²) in [5, 5.41) is 5.95. The van der Waals surface area contributed by atoms with Crippen molar-refractivity contribution in [3.05, 3.63) is 30.0 Å². The molecule has 0 unspecified atom stereocenters. The van der Waals surface area contributed by atoms with Crippen molar-refractivity contribution in [3.8, 4) is 0 Å². The van der Waals surface area contributed by atoms with Crippen LogP contribution in [0.1, 0.15) is 25.0 Å². The maximum Gasteiger partial charge on any atom is 0.0709 e. The van der Waals surface area contributed by atoms with Crippen LogP contribution < -0.4 is 5.73 Å². The van der Waals surface area contributed by atoms with Crippen molar-refractivity contribution >= 4 is 10.9 Å². The van der Waals surface area contributed by atoms with Gasteiger partial charge in [0.15, 0.2) is 0 Å². The number of nitrogens with zero attached hydrogens (tertiary/aromatic N) is 2. The molecule has 3 heteroatoms. The predicted molar refractivity (Wildman–Crippen MR) is 69.8 cm³/mol. The molecule has 0 bridgehead atoms. The molecule has 90 valence electrons. The Hall–Kier alpha value is -1.35. The highest BCUT2D eigenvalue weighted by Crippen LogP contribution is 2.43. The molecule has 2 N–H and O–H groups in total. The van der Waals surface area contributed by atoms with Gasteiger partial charge in [-0.15, -0.1) is 0 Å². The lowest BCUT2D eigenvalue weighted by atomic mass is 9.66.